The molecule has 0 spiro atoms. The molecule has 0 saturated heterocycles. The second-order valence-corrected chi connectivity index (χ2v) is 5.57. The Labute approximate surface area is 114 Å². The molecule has 0 atom stereocenters. The van der Waals surface area contributed by atoms with Gasteiger partial charge in [-0.3, -0.25) is 0 Å². The van der Waals surface area contributed by atoms with Crippen molar-refractivity contribution >= 4 is 0 Å². The van der Waals surface area contributed by atoms with Gasteiger partial charge < -0.3 is 14.9 Å². The van der Waals surface area contributed by atoms with Crippen LogP contribution in [0.4, 0.5) is 4.39 Å². The molecule has 3 nitrogen and oxygen atoms in total. The van der Waals surface area contributed by atoms with Gasteiger partial charge in [0.2, 0.25) is 0 Å². The predicted molar refractivity (Wildman–Crippen MR) is 72.6 cm³/mol. The van der Waals surface area contributed by atoms with Gasteiger partial charge in [0.15, 0.2) is 0 Å². The second kappa shape index (κ2) is 6.46. The molecule has 0 heterocycles. The van der Waals surface area contributed by atoms with E-state index in [0.29, 0.717) is 12.8 Å². The first-order chi connectivity index (χ1) is 8.89. The molecule has 0 aliphatic heterocycles. The van der Waals surface area contributed by atoms with Crippen molar-refractivity contribution in [1.82, 2.24) is 0 Å². The van der Waals surface area contributed by atoms with Gasteiger partial charge in [0, 0.05) is 12.5 Å². The highest BCUT2D eigenvalue weighted by atomic mass is 19.1. The van der Waals surface area contributed by atoms with E-state index in [1.54, 1.807) is 19.2 Å². The largest absolute Gasteiger partial charge is 0.395 e. The van der Waals surface area contributed by atoms with Gasteiger partial charge in [-0.2, -0.15) is 0 Å². The van der Waals surface area contributed by atoms with E-state index in [1.165, 1.54) is 12.1 Å². The van der Waals surface area contributed by atoms with Crippen molar-refractivity contribution in [2.75, 3.05) is 20.3 Å². The summed E-state index contributed by atoms with van der Waals surface area (Å²) in [5.41, 5.74) is -0.343. The number of ether oxygens (including phenoxy) is 1. The Morgan fingerprint density at radius 2 is 1.58 bits per heavy atom. The summed E-state index contributed by atoms with van der Waals surface area (Å²) in [6, 6.07) is 5.91. The topological polar surface area (TPSA) is 49.7 Å². The molecule has 4 heteroatoms. The number of hydrogen-bond donors (Lipinski definition) is 2. The fourth-order valence-electron chi connectivity index (χ4n) is 1.98. The Morgan fingerprint density at radius 1 is 1.05 bits per heavy atom. The zero-order chi connectivity index (χ0) is 14.5. The maximum Gasteiger partial charge on any atom is 0.123 e. The molecule has 0 unspecified atom stereocenters. The first-order valence-corrected chi connectivity index (χ1v) is 6.42. The summed E-state index contributed by atoms with van der Waals surface area (Å²) in [7, 11) is 1.64. The molecular formula is C15H23FO3. The molecule has 1 aromatic carbocycles. The normalized spacial score (nSPS) is 12.7. The fraction of sp³-hybridized carbons (Fsp3) is 0.600. The molecule has 0 aliphatic rings. The molecule has 108 valence electrons. The summed E-state index contributed by atoms with van der Waals surface area (Å²) in [6.07, 6.45) is 1.24. The van der Waals surface area contributed by atoms with Crippen LogP contribution < -0.4 is 0 Å². The van der Waals surface area contributed by atoms with E-state index in [2.05, 4.69) is 0 Å². The molecule has 1 aromatic rings. The lowest BCUT2D eigenvalue weighted by atomic mass is 9.76. The van der Waals surface area contributed by atoms with Crippen LogP contribution in [-0.4, -0.2) is 36.1 Å². The molecule has 0 bridgehead atoms. The molecular weight excluding hydrogens is 247 g/mol. The van der Waals surface area contributed by atoms with Gasteiger partial charge in [-0.15, -0.1) is 0 Å². The molecule has 0 aromatic heterocycles. The third kappa shape index (κ3) is 4.00. The SMILES string of the molecule is COC(C)(C)CCC(CO)(CO)c1ccc(F)cc1. The number of aliphatic hydroxyl groups excluding tert-OH is 2. The molecule has 19 heavy (non-hydrogen) atoms. The van der Waals surface area contributed by atoms with Gasteiger partial charge in [0.1, 0.15) is 5.82 Å². The number of hydrogen-bond acceptors (Lipinski definition) is 3. The number of rotatable bonds is 7. The van der Waals surface area contributed by atoms with E-state index in [1.807, 2.05) is 13.8 Å². The summed E-state index contributed by atoms with van der Waals surface area (Å²) < 4.78 is 18.3. The fourth-order valence-corrected chi connectivity index (χ4v) is 1.98. The minimum Gasteiger partial charge on any atom is -0.395 e. The monoisotopic (exact) mass is 270 g/mol. The number of methoxy groups -OCH3 is 1. The Hall–Kier alpha value is -0.970. The Balaban J connectivity index is 2.94. The van der Waals surface area contributed by atoms with E-state index in [0.717, 1.165) is 5.56 Å². The van der Waals surface area contributed by atoms with E-state index in [4.69, 9.17) is 4.74 Å². The van der Waals surface area contributed by atoms with Crippen LogP contribution in [0.1, 0.15) is 32.3 Å². The Kier molecular flexibility index (Phi) is 5.47. The first-order valence-electron chi connectivity index (χ1n) is 6.42. The lowest BCUT2D eigenvalue weighted by Crippen LogP contribution is -2.37. The van der Waals surface area contributed by atoms with Crippen LogP contribution >= 0.6 is 0 Å². The molecule has 0 aliphatic carbocycles. The summed E-state index contributed by atoms with van der Waals surface area (Å²) in [6.45, 7) is 3.54. The van der Waals surface area contributed by atoms with Crippen LogP contribution in [0.3, 0.4) is 0 Å². The van der Waals surface area contributed by atoms with E-state index in [-0.39, 0.29) is 24.6 Å². The molecule has 0 radical (unpaired) electrons. The highest BCUT2D eigenvalue weighted by molar-refractivity contribution is 5.26. The first kappa shape index (κ1) is 16.1. The van der Waals surface area contributed by atoms with Gasteiger partial charge in [-0.05, 0) is 44.4 Å². The Bertz CT molecular complexity index is 383. The second-order valence-electron chi connectivity index (χ2n) is 5.57. The van der Waals surface area contributed by atoms with Crippen LogP contribution in [0.2, 0.25) is 0 Å². The highest BCUT2D eigenvalue weighted by Crippen LogP contribution is 2.32. The zero-order valence-electron chi connectivity index (χ0n) is 11.8. The molecule has 1 rings (SSSR count). The van der Waals surface area contributed by atoms with E-state index < -0.39 is 5.41 Å². The molecule has 0 fully saturated rings. The van der Waals surface area contributed by atoms with Crippen LogP contribution in [0, 0.1) is 5.82 Å². The zero-order valence-corrected chi connectivity index (χ0v) is 11.8. The average Bonchev–Trinajstić information content (AvgIpc) is 2.42. The van der Waals surface area contributed by atoms with Crippen molar-refractivity contribution in [2.45, 2.75) is 37.7 Å². The standard InChI is InChI=1S/C15H23FO3/c1-14(2,19-3)8-9-15(10-17,11-18)12-4-6-13(16)7-5-12/h4-7,17-18H,8-11H2,1-3H3. The maximum atomic E-state index is 13.0. The minimum absolute atomic E-state index is 0.186. The van der Waals surface area contributed by atoms with Crippen LogP contribution in [0.5, 0.6) is 0 Å². The third-order valence-corrected chi connectivity index (χ3v) is 3.82. The Morgan fingerprint density at radius 3 is 2.00 bits per heavy atom. The lowest BCUT2D eigenvalue weighted by molar-refractivity contribution is 0.000217. The lowest BCUT2D eigenvalue weighted by Gasteiger charge is -2.34. The van der Waals surface area contributed by atoms with Crippen LogP contribution in [0.15, 0.2) is 24.3 Å². The van der Waals surface area contributed by atoms with Gasteiger partial charge in [0.05, 0.1) is 18.8 Å². The average molecular weight is 270 g/mol. The minimum atomic E-state index is -0.760. The van der Waals surface area contributed by atoms with Crippen molar-refractivity contribution in [3.63, 3.8) is 0 Å². The quantitative estimate of drug-likeness (QED) is 0.799. The van der Waals surface area contributed by atoms with E-state index in [9.17, 15) is 14.6 Å². The van der Waals surface area contributed by atoms with Crippen molar-refractivity contribution in [3.8, 4) is 0 Å². The van der Waals surface area contributed by atoms with Gasteiger partial charge in [-0.1, -0.05) is 12.1 Å². The smallest absolute Gasteiger partial charge is 0.123 e. The summed E-state index contributed by atoms with van der Waals surface area (Å²) in [5, 5.41) is 19.3. The summed E-state index contributed by atoms with van der Waals surface area (Å²) >= 11 is 0. The van der Waals surface area contributed by atoms with Crippen molar-refractivity contribution in [3.05, 3.63) is 35.6 Å². The van der Waals surface area contributed by atoms with E-state index >= 15 is 0 Å². The van der Waals surface area contributed by atoms with Gasteiger partial charge in [0.25, 0.3) is 0 Å². The molecule has 2 N–H and O–H groups in total. The number of benzene rings is 1. The third-order valence-electron chi connectivity index (χ3n) is 3.82. The number of halogens is 1. The predicted octanol–water partition coefficient (Wildman–Crippen LogP) is 2.25. The summed E-state index contributed by atoms with van der Waals surface area (Å²) in [4.78, 5) is 0. The summed E-state index contributed by atoms with van der Waals surface area (Å²) in [5.74, 6) is -0.328. The maximum absolute atomic E-state index is 13.0. The molecule has 0 amide bonds. The highest BCUT2D eigenvalue weighted by Gasteiger charge is 2.33. The van der Waals surface area contributed by atoms with Crippen LogP contribution in [-0.2, 0) is 10.2 Å². The van der Waals surface area contributed by atoms with Gasteiger partial charge >= 0.3 is 0 Å². The van der Waals surface area contributed by atoms with Crippen molar-refractivity contribution < 1.29 is 19.3 Å². The number of aliphatic hydroxyl groups is 2. The van der Waals surface area contributed by atoms with Crippen LogP contribution in [0.25, 0.3) is 0 Å². The molecule has 0 saturated carbocycles. The van der Waals surface area contributed by atoms with Gasteiger partial charge in [-0.25, -0.2) is 4.39 Å². The van der Waals surface area contributed by atoms with Crippen molar-refractivity contribution in [2.24, 2.45) is 0 Å². The van der Waals surface area contributed by atoms with Crippen molar-refractivity contribution in [1.29, 1.82) is 0 Å².